The maximum absolute atomic E-state index is 11.6. The van der Waals surface area contributed by atoms with Crippen LogP contribution in [0.3, 0.4) is 0 Å². The minimum atomic E-state index is -0.431. The molecule has 0 radical (unpaired) electrons. The van der Waals surface area contributed by atoms with E-state index in [1.54, 1.807) is 16.5 Å². The largest absolute Gasteiger partial charge is 0.464 e. The normalized spacial score (nSPS) is 10.8. The zero-order valence-electron chi connectivity index (χ0n) is 9.18. The quantitative estimate of drug-likeness (QED) is 0.871. The van der Waals surface area contributed by atoms with Crippen LogP contribution in [0.15, 0.2) is 22.8 Å². The molecule has 0 saturated heterocycles. The molecule has 0 unspecified atom stereocenters. The lowest BCUT2D eigenvalue weighted by Crippen LogP contribution is -2.10. The first kappa shape index (κ1) is 12.1. The highest BCUT2D eigenvalue weighted by molar-refractivity contribution is 9.10. The second kappa shape index (κ2) is 4.85. The number of aliphatic hydroxyl groups is 1. The second-order valence-corrected chi connectivity index (χ2v) is 4.17. The molecule has 6 heteroatoms. The molecule has 0 saturated carbocycles. The number of carbonyl (C=O) groups excluding carboxylic acids is 1. The highest BCUT2D eigenvalue weighted by Crippen LogP contribution is 2.21. The van der Waals surface area contributed by atoms with Crippen LogP contribution in [0.1, 0.15) is 16.3 Å². The van der Waals surface area contributed by atoms with Gasteiger partial charge in [-0.15, -0.1) is 0 Å². The van der Waals surface area contributed by atoms with Crippen molar-refractivity contribution in [3.05, 3.63) is 34.3 Å². The summed E-state index contributed by atoms with van der Waals surface area (Å²) in [5, 5.41) is 8.99. The minimum Gasteiger partial charge on any atom is -0.464 e. The number of aliphatic hydroxyl groups excluding tert-OH is 1. The lowest BCUT2D eigenvalue weighted by atomic mass is 10.3. The molecule has 2 aromatic heterocycles. The third-order valence-corrected chi connectivity index (χ3v) is 3.00. The van der Waals surface area contributed by atoms with E-state index in [1.807, 2.05) is 6.07 Å². The van der Waals surface area contributed by atoms with E-state index >= 15 is 0 Å². The average molecular weight is 299 g/mol. The van der Waals surface area contributed by atoms with Crippen molar-refractivity contribution in [3.63, 3.8) is 0 Å². The number of halogens is 1. The summed E-state index contributed by atoms with van der Waals surface area (Å²) in [4.78, 5) is 15.9. The van der Waals surface area contributed by atoms with Crippen molar-refractivity contribution in [2.75, 3.05) is 13.7 Å². The zero-order valence-corrected chi connectivity index (χ0v) is 10.8. The summed E-state index contributed by atoms with van der Waals surface area (Å²) in [7, 11) is 1.33. The van der Waals surface area contributed by atoms with E-state index in [-0.39, 0.29) is 6.61 Å². The average Bonchev–Trinajstić information content (AvgIpc) is 2.66. The van der Waals surface area contributed by atoms with Crippen molar-refractivity contribution >= 4 is 27.4 Å². The highest BCUT2D eigenvalue weighted by atomic mass is 79.9. The van der Waals surface area contributed by atoms with Crippen molar-refractivity contribution in [3.8, 4) is 0 Å². The molecule has 0 fully saturated rings. The van der Waals surface area contributed by atoms with E-state index in [0.29, 0.717) is 22.5 Å². The van der Waals surface area contributed by atoms with Gasteiger partial charge in [0, 0.05) is 6.42 Å². The van der Waals surface area contributed by atoms with Crippen LogP contribution in [0.2, 0.25) is 0 Å². The number of hydrogen-bond donors (Lipinski definition) is 1. The van der Waals surface area contributed by atoms with Crippen LogP contribution in [-0.2, 0) is 11.2 Å². The number of hydrogen-bond acceptors (Lipinski definition) is 4. The maximum atomic E-state index is 11.6. The first-order valence-corrected chi connectivity index (χ1v) is 5.83. The Morgan fingerprint density at radius 3 is 3.00 bits per heavy atom. The number of imidazole rings is 1. The molecule has 0 atom stereocenters. The summed E-state index contributed by atoms with van der Waals surface area (Å²) < 4.78 is 7.05. The van der Waals surface area contributed by atoms with E-state index in [9.17, 15) is 4.79 Å². The molecule has 0 spiro atoms. The first-order chi connectivity index (χ1) is 8.19. The monoisotopic (exact) mass is 298 g/mol. The molecule has 1 N–H and O–H groups in total. The molecule has 2 rings (SSSR count). The smallest absolute Gasteiger partial charge is 0.355 e. The van der Waals surface area contributed by atoms with Crippen molar-refractivity contribution in [2.45, 2.75) is 6.42 Å². The van der Waals surface area contributed by atoms with Gasteiger partial charge in [0.05, 0.1) is 19.2 Å². The van der Waals surface area contributed by atoms with Crippen LogP contribution in [0.5, 0.6) is 0 Å². The molecular weight excluding hydrogens is 288 g/mol. The Hall–Kier alpha value is -1.40. The fraction of sp³-hybridized carbons (Fsp3) is 0.273. The number of nitrogens with zero attached hydrogens (tertiary/aromatic N) is 2. The third-order valence-electron chi connectivity index (χ3n) is 2.42. The Bertz CT molecular complexity index is 565. The van der Waals surface area contributed by atoms with Gasteiger partial charge in [-0.05, 0) is 28.1 Å². The van der Waals surface area contributed by atoms with Crippen LogP contribution < -0.4 is 0 Å². The van der Waals surface area contributed by atoms with Gasteiger partial charge in [-0.3, -0.25) is 4.40 Å². The van der Waals surface area contributed by atoms with Gasteiger partial charge < -0.3 is 9.84 Å². The van der Waals surface area contributed by atoms with E-state index in [4.69, 9.17) is 9.84 Å². The van der Waals surface area contributed by atoms with Crippen molar-refractivity contribution in [1.82, 2.24) is 9.38 Å². The van der Waals surface area contributed by atoms with Crippen LogP contribution in [0.4, 0.5) is 0 Å². The molecule has 0 aliphatic carbocycles. The number of carbonyl (C=O) groups is 1. The Labute approximate surface area is 106 Å². The number of fused-ring (bicyclic) bond motifs is 1. The Morgan fingerprint density at radius 2 is 2.35 bits per heavy atom. The highest BCUT2D eigenvalue weighted by Gasteiger charge is 2.16. The molecule has 17 heavy (non-hydrogen) atoms. The van der Waals surface area contributed by atoms with Gasteiger partial charge >= 0.3 is 5.97 Å². The van der Waals surface area contributed by atoms with Gasteiger partial charge in [-0.2, -0.15) is 0 Å². The van der Waals surface area contributed by atoms with E-state index in [0.717, 1.165) is 5.52 Å². The molecule has 5 nitrogen and oxygen atoms in total. The minimum absolute atomic E-state index is 0.0267. The molecule has 2 heterocycles. The summed E-state index contributed by atoms with van der Waals surface area (Å²) >= 11 is 3.33. The van der Waals surface area contributed by atoms with Crippen LogP contribution in [0, 0.1) is 0 Å². The molecule has 0 amide bonds. The van der Waals surface area contributed by atoms with Crippen molar-refractivity contribution < 1.29 is 14.6 Å². The summed E-state index contributed by atoms with van der Waals surface area (Å²) in [5.41, 5.74) is 1.17. The van der Waals surface area contributed by atoms with E-state index in [2.05, 4.69) is 20.9 Å². The van der Waals surface area contributed by atoms with Crippen LogP contribution >= 0.6 is 15.9 Å². The SMILES string of the molecule is COC(=O)c1cccc2c(Br)nc(CCO)n12. The number of rotatable bonds is 3. The fourth-order valence-corrected chi connectivity index (χ4v) is 2.21. The summed E-state index contributed by atoms with van der Waals surface area (Å²) in [5.74, 6) is 0.190. The number of esters is 1. The second-order valence-electron chi connectivity index (χ2n) is 3.42. The standard InChI is InChI=1S/C11H11BrN2O3/c1-17-11(16)8-4-2-3-7-10(12)13-9(5-6-15)14(7)8/h2-4,15H,5-6H2,1H3. The number of pyridine rings is 1. The summed E-state index contributed by atoms with van der Waals surface area (Å²) in [6.45, 7) is -0.0267. The molecule has 0 aliphatic heterocycles. The first-order valence-electron chi connectivity index (χ1n) is 5.04. The van der Waals surface area contributed by atoms with Gasteiger partial charge in [0.2, 0.25) is 0 Å². The fourth-order valence-electron chi connectivity index (χ4n) is 1.70. The molecule has 0 aliphatic rings. The molecule has 0 aromatic carbocycles. The van der Waals surface area contributed by atoms with Gasteiger partial charge in [0.15, 0.2) is 0 Å². The third kappa shape index (κ3) is 2.05. The van der Waals surface area contributed by atoms with E-state index < -0.39 is 5.97 Å². The van der Waals surface area contributed by atoms with Gasteiger partial charge in [0.25, 0.3) is 0 Å². The number of methoxy groups -OCH3 is 1. The van der Waals surface area contributed by atoms with Gasteiger partial charge in [-0.25, -0.2) is 9.78 Å². The van der Waals surface area contributed by atoms with Crippen LogP contribution in [0.25, 0.3) is 5.52 Å². The van der Waals surface area contributed by atoms with Gasteiger partial charge in [0.1, 0.15) is 16.1 Å². The number of aromatic nitrogens is 2. The predicted octanol–water partition coefficient (Wildman–Crippen LogP) is 1.42. The predicted molar refractivity (Wildman–Crippen MR) is 65.0 cm³/mol. The summed E-state index contributed by atoms with van der Waals surface area (Å²) in [6.07, 6.45) is 0.376. The van der Waals surface area contributed by atoms with E-state index in [1.165, 1.54) is 7.11 Å². The molecule has 2 aromatic rings. The van der Waals surface area contributed by atoms with Gasteiger partial charge in [-0.1, -0.05) is 6.07 Å². The summed E-state index contributed by atoms with van der Waals surface area (Å²) in [6, 6.07) is 5.26. The van der Waals surface area contributed by atoms with Crippen LogP contribution in [-0.4, -0.2) is 34.2 Å². The molecular formula is C11H11BrN2O3. The Balaban J connectivity index is 2.71. The Kier molecular flexibility index (Phi) is 3.44. The molecule has 90 valence electrons. The topological polar surface area (TPSA) is 63.8 Å². The molecule has 0 bridgehead atoms. The lowest BCUT2D eigenvalue weighted by Gasteiger charge is -2.06. The zero-order chi connectivity index (χ0) is 12.4. The number of ether oxygens (including phenoxy) is 1. The van der Waals surface area contributed by atoms with Crippen molar-refractivity contribution in [1.29, 1.82) is 0 Å². The maximum Gasteiger partial charge on any atom is 0.355 e. The lowest BCUT2D eigenvalue weighted by molar-refractivity contribution is 0.0591. The Morgan fingerprint density at radius 1 is 1.59 bits per heavy atom. The van der Waals surface area contributed by atoms with Crippen molar-refractivity contribution in [2.24, 2.45) is 0 Å².